The number of pyridine rings is 1. The maximum atomic E-state index is 12.1. The smallest absolute Gasteiger partial charge is 0.227 e. The predicted molar refractivity (Wildman–Crippen MR) is 76.6 cm³/mol. The van der Waals surface area contributed by atoms with Gasteiger partial charge in [-0.15, -0.1) is 0 Å². The lowest BCUT2D eigenvalue weighted by Gasteiger charge is -2.10. The summed E-state index contributed by atoms with van der Waals surface area (Å²) in [6, 6.07) is 12.3. The Labute approximate surface area is 126 Å². The number of Topliss-reactive ketones (excluding diaryl/α,β-unsaturated/α-hetero) is 1. The molecule has 0 unspecified atom stereocenters. The van der Waals surface area contributed by atoms with E-state index < -0.39 is 3.79 Å². The number of rotatable bonds is 3. The summed E-state index contributed by atoms with van der Waals surface area (Å²) in [6.45, 7) is 0.286. The highest BCUT2D eigenvalue weighted by atomic mass is 35.6. The van der Waals surface area contributed by atoms with Crippen LogP contribution in [0, 0.1) is 0 Å². The minimum absolute atomic E-state index is 0.00654. The lowest BCUT2D eigenvalue weighted by atomic mass is 10.1. The van der Waals surface area contributed by atoms with Crippen LogP contribution in [-0.4, -0.2) is 5.78 Å². The van der Waals surface area contributed by atoms with Gasteiger partial charge in [0, 0.05) is 23.3 Å². The maximum absolute atomic E-state index is 12.1. The van der Waals surface area contributed by atoms with Crippen molar-refractivity contribution < 1.29 is 9.36 Å². The Morgan fingerprint density at radius 3 is 2.11 bits per heavy atom. The van der Waals surface area contributed by atoms with Crippen LogP contribution in [0.15, 0.2) is 54.9 Å². The molecule has 0 saturated heterocycles. The Hall–Kier alpha value is -1.09. The molecule has 1 aromatic carbocycles. The van der Waals surface area contributed by atoms with Crippen LogP contribution in [-0.2, 0) is 10.3 Å². The molecular weight excluding hydrogens is 305 g/mol. The number of ketones is 1. The zero-order valence-corrected chi connectivity index (χ0v) is 12.2. The monoisotopic (exact) mass is 314 g/mol. The highest BCUT2D eigenvalue weighted by Crippen LogP contribution is 2.37. The summed E-state index contributed by atoms with van der Waals surface area (Å²) in [5.41, 5.74) is 1.13. The first kappa shape index (κ1) is 14.3. The summed E-state index contributed by atoms with van der Waals surface area (Å²) >= 11 is 17.3. The standard InChI is InChI=1S/C14H11Cl3NO/c15-14(16,17)12-6-4-11(5-7-12)13(19)10-18-8-2-1-3-9-18/h1-9H,10H2/q+1. The van der Waals surface area contributed by atoms with Crippen LogP contribution in [0.5, 0.6) is 0 Å². The van der Waals surface area contributed by atoms with Crippen molar-refractivity contribution in [3.63, 3.8) is 0 Å². The van der Waals surface area contributed by atoms with E-state index in [1.165, 1.54) is 0 Å². The number of aromatic nitrogens is 1. The van der Waals surface area contributed by atoms with Crippen LogP contribution in [0.25, 0.3) is 0 Å². The van der Waals surface area contributed by atoms with Gasteiger partial charge in [-0.1, -0.05) is 65.1 Å². The van der Waals surface area contributed by atoms with Gasteiger partial charge in [-0.2, -0.15) is 4.57 Å². The lowest BCUT2D eigenvalue weighted by molar-refractivity contribution is -0.683. The van der Waals surface area contributed by atoms with Gasteiger partial charge in [0.25, 0.3) is 0 Å². The maximum Gasteiger partial charge on any atom is 0.227 e. The molecule has 0 radical (unpaired) electrons. The van der Waals surface area contributed by atoms with Gasteiger partial charge in [0.1, 0.15) is 0 Å². The van der Waals surface area contributed by atoms with Crippen molar-refractivity contribution in [1.29, 1.82) is 0 Å². The van der Waals surface area contributed by atoms with E-state index >= 15 is 0 Å². The molecule has 0 aliphatic carbocycles. The molecule has 2 nitrogen and oxygen atoms in total. The van der Waals surface area contributed by atoms with E-state index in [0.29, 0.717) is 11.1 Å². The van der Waals surface area contributed by atoms with Gasteiger partial charge >= 0.3 is 0 Å². The lowest BCUT2D eigenvalue weighted by Crippen LogP contribution is -2.36. The number of alkyl halides is 3. The van der Waals surface area contributed by atoms with Crippen molar-refractivity contribution >= 4 is 40.6 Å². The third-order valence-electron chi connectivity index (χ3n) is 2.64. The van der Waals surface area contributed by atoms with Gasteiger partial charge in [-0.05, 0) is 0 Å². The minimum atomic E-state index is -1.46. The van der Waals surface area contributed by atoms with E-state index in [2.05, 4.69) is 0 Å². The molecule has 0 saturated carbocycles. The molecule has 5 heteroatoms. The van der Waals surface area contributed by atoms with E-state index in [4.69, 9.17) is 34.8 Å². The molecule has 19 heavy (non-hydrogen) atoms. The van der Waals surface area contributed by atoms with E-state index in [9.17, 15) is 4.79 Å². The second kappa shape index (κ2) is 5.91. The molecule has 0 fully saturated rings. The first-order valence-electron chi connectivity index (χ1n) is 5.61. The van der Waals surface area contributed by atoms with Crippen molar-refractivity contribution in [3.05, 3.63) is 66.0 Å². The summed E-state index contributed by atoms with van der Waals surface area (Å²) in [5.74, 6) is 0.00654. The Morgan fingerprint density at radius 2 is 1.58 bits per heavy atom. The fraction of sp³-hybridized carbons (Fsp3) is 0.143. The number of halogens is 3. The number of carbonyl (C=O) groups excluding carboxylic acids is 1. The fourth-order valence-corrected chi connectivity index (χ4v) is 2.02. The van der Waals surface area contributed by atoms with Crippen molar-refractivity contribution in [2.75, 3.05) is 0 Å². The molecule has 0 bridgehead atoms. The van der Waals surface area contributed by atoms with Gasteiger partial charge in [0.05, 0.1) is 0 Å². The molecule has 2 aromatic rings. The normalized spacial score (nSPS) is 11.3. The second-order valence-electron chi connectivity index (χ2n) is 4.05. The molecule has 2 rings (SSSR count). The molecular formula is C14H11Cl3NO+. The van der Waals surface area contributed by atoms with Gasteiger partial charge in [0.2, 0.25) is 16.1 Å². The molecule has 0 aliphatic heterocycles. The molecule has 0 aliphatic rings. The molecule has 0 spiro atoms. The minimum Gasteiger partial charge on any atom is -0.287 e. The van der Waals surface area contributed by atoms with Gasteiger partial charge < -0.3 is 0 Å². The highest BCUT2D eigenvalue weighted by Gasteiger charge is 2.23. The van der Waals surface area contributed by atoms with Crippen molar-refractivity contribution in [2.24, 2.45) is 0 Å². The Bertz CT molecular complexity index is 561. The van der Waals surface area contributed by atoms with E-state index in [1.54, 1.807) is 24.3 Å². The fourth-order valence-electron chi connectivity index (χ4n) is 1.64. The van der Waals surface area contributed by atoms with Gasteiger partial charge in [0.15, 0.2) is 12.4 Å². The summed E-state index contributed by atoms with van der Waals surface area (Å²) in [7, 11) is 0. The highest BCUT2D eigenvalue weighted by molar-refractivity contribution is 6.66. The van der Waals surface area contributed by atoms with Crippen LogP contribution in [0.1, 0.15) is 15.9 Å². The number of hydrogen-bond donors (Lipinski definition) is 0. The first-order valence-corrected chi connectivity index (χ1v) is 6.75. The number of benzene rings is 1. The molecule has 98 valence electrons. The first-order chi connectivity index (χ1) is 8.97. The summed E-state index contributed by atoms with van der Waals surface area (Å²) in [6.07, 6.45) is 3.68. The van der Waals surface area contributed by atoms with Crippen molar-refractivity contribution in [3.8, 4) is 0 Å². The van der Waals surface area contributed by atoms with Crippen LogP contribution < -0.4 is 4.57 Å². The van der Waals surface area contributed by atoms with Crippen LogP contribution in [0.4, 0.5) is 0 Å². The summed E-state index contributed by atoms with van der Waals surface area (Å²) in [5, 5.41) is 0. The molecule has 0 N–H and O–H groups in total. The quantitative estimate of drug-likeness (QED) is 0.481. The zero-order valence-electron chi connectivity index (χ0n) is 9.89. The van der Waals surface area contributed by atoms with Crippen molar-refractivity contribution in [1.82, 2.24) is 0 Å². The van der Waals surface area contributed by atoms with Crippen LogP contribution in [0.2, 0.25) is 0 Å². The average molecular weight is 316 g/mol. The van der Waals surface area contributed by atoms with Crippen LogP contribution in [0.3, 0.4) is 0 Å². The third kappa shape index (κ3) is 3.93. The van der Waals surface area contributed by atoms with Gasteiger partial charge in [-0.25, -0.2) is 0 Å². The van der Waals surface area contributed by atoms with E-state index in [1.807, 2.05) is 35.2 Å². The zero-order chi connectivity index (χ0) is 13.9. The third-order valence-corrected chi connectivity index (χ3v) is 3.29. The van der Waals surface area contributed by atoms with E-state index in [-0.39, 0.29) is 12.3 Å². The van der Waals surface area contributed by atoms with E-state index in [0.717, 1.165) is 0 Å². The predicted octanol–water partition coefficient (Wildman–Crippen LogP) is 3.68. The van der Waals surface area contributed by atoms with Gasteiger partial charge in [-0.3, -0.25) is 4.79 Å². The topological polar surface area (TPSA) is 20.9 Å². The number of carbonyl (C=O) groups is 1. The second-order valence-corrected chi connectivity index (χ2v) is 6.33. The van der Waals surface area contributed by atoms with Crippen molar-refractivity contribution in [2.45, 2.75) is 10.3 Å². The molecule has 0 atom stereocenters. The Kier molecular flexibility index (Phi) is 4.46. The largest absolute Gasteiger partial charge is 0.287 e. The molecule has 1 aromatic heterocycles. The van der Waals surface area contributed by atoms with Crippen LogP contribution >= 0.6 is 34.8 Å². The molecule has 1 heterocycles. The Balaban J connectivity index is 2.12. The SMILES string of the molecule is O=C(C[n+]1ccccc1)c1ccc(C(Cl)(Cl)Cl)cc1. The summed E-state index contributed by atoms with van der Waals surface area (Å²) in [4.78, 5) is 12.1. The molecule has 0 amide bonds. The number of hydrogen-bond acceptors (Lipinski definition) is 1. The number of nitrogens with zero attached hydrogens (tertiary/aromatic N) is 1. The average Bonchev–Trinajstić information content (AvgIpc) is 2.39. The summed E-state index contributed by atoms with van der Waals surface area (Å²) < 4.78 is 0.348. The Morgan fingerprint density at radius 1 is 1.00 bits per heavy atom.